The number of halogens is 4. The van der Waals surface area contributed by atoms with Gasteiger partial charge in [0.1, 0.15) is 23.7 Å². The monoisotopic (exact) mass is 539 g/mol. The minimum absolute atomic E-state index is 0.000301. The van der Waals surface area contributed by atoms with E-state index >= 15 is 0 Å². The second-order valence-electron chi connectivity index (χ2n) is 9.11. The van der Waals surface area contributed by atoms with Crippen LogP contribution in [0.25, 0.3) is 0 Å². The fraction of sp³-hybridized carbons (Fsp3) is 0.207. The number of carbonyl (C=O) groups is 1. The van der Waals surface area contributed by atoms with Crippen molar-refractivity contribution >= 4 is 17.6 Å². The van der Waals surface area contributed by atoms with Crippen molar-refractivity contribution < 1.29 is 32.6 Å². The molecular formula is C29H21ClF3NO4. The van der Waals surface area contributed by atoms with E-state index in [2.05, 4.69) is 17.3 Å². The van der Waals surface area contributed by atoms with Crippen LogP contribution in [-0.4, -0.2) is 17.7 Å². The summed E-state index contributed by atoms with van der Waals surface area (Å²) in [5.41, 5.74) is 1.79. The Balaban J connectivity index is 1.39. The molecule has 0 spiro atoms. The number of hydroxylamine groups is 1. The quantitative estimate of drug-likeness (QED) is 0.347. The van der Waals surface area contributed by atoms with Gasteiger partial charge >= 0.3 is 12.1 Å². The standard InChI is InChI=1S/C29H21ClF3NO4/c30-25-15-22(13-12-19(25)9-8-18-4-3-5-21(14-18)27(35)36)37-17-28(16-26(38-34-28)20-10-11-20)23-6-1-2-7-24(23)29(31,32)33/h1-7,12-16,20,34H,10-11,17H2,(H,35,36). The third-order valence-corrected chi connectivity index (χ3v) is 6.60. The summed E-state index contributed by atoms with van der Waals surface area (Å²) < 4.78 is 47.6. The minimum Gasteiger partial charge on any atom is -0.491 e. The average molecular weight is 540 g/mol. The molecule has 2 aliphatic rings. The molecule has 1 fully saturated rings. The molecule has 1 heterocycles. The highest BCUT2D eigenvalue weighted by Gasteiger charge is 2.47. The van der Waals surface area contributed by atoms with Crippen molar-refractivity contribution in [3.8, 4) is 17.6 Å². The van der Waals surface area contributed by atoms with Gasteiger partial charge in [0.25, 0.3) is 0 Å². The highest BCUT2D eigenvalue weighted by Crippen LogP contribution is 2.45. The third kappa shape index (κ3) is 5.49. The molecular weight excluding hydrogens is 519 g/mol. The van der Waals surface area contributed by atoms with Gasteiger partial charge in [-0.15, -0.1) is 5.48 Å². The fourth-order valence-electron chi connectivity index (χ4n) is 4.18. The van der Waals surface area contributed by atoms with E-state index in [1.165, 1.54) is 30.3 Å². The van der Waals surface area contributed by atoms with Gasteiger partial charge in [0, 0.05) is 23.1 Å². The first-order valence-corrected chi connectivity index (χ1v) is 12.1. The fourth-order valence-corrected chi connectivity index (χ4v) is 4.39. The van der Waals surface area contributed by atoms with E-state index in [-0.39, 0.29) is 28.7 Å². The summed E-state index contributed by atoms with van der Waals surface area (Å²) in [6.07, 6.45) is -1.04. The molecule has 3 aromatic rings. The summed E-state index contributed by atoms with van der Waals surface area (Å²) in [5, 5.41) is 9.41. The second kappa shape index (κ2) is 10.1. The van der Waals surface area contributed by atoms with Gasteiger partial charge in [-0.2, -0.15) is 13.2 Å². The van der Waals surface area contributed by atoms with Crippen LogP contribution in [0.2, 0.25) is 5.02 Å². The smallest absolute Gasteiger partial charge is 0.416 e. The normalized spacial score (nSPS) is 18.7. The molecule has 1 unspecified atom stereocenters. The van der Waals surface area contributed by atoms with Crippen molar-refractivity contribution in [3.05, 3.63) is 111 Å². The summed E-state index contributed by atoms with van der Waals surface area (Å²) in [7, 11) is 0. The number of hydrogen-bond donors (Lipinski definition) is 2. The van der Waals surface area contributed by atoms with Crippen LogP contribution in [0.1, 0.15) is 45.5 Å². The van der Waals surface area contributed by atoms with Crippen molar-refractivity contribution in [1.29, 1.82) is 0 Å². The SMILES string of the molecule is O=C(O)c1cccc(C#Cc2ccc(OCC3(c4ccccc4C(F)(F)F)C=C(C4CC4)ON3)cc2Cl)c1. The van der Waals surface area contributed by atoms with Crippen LogP contribution in [-0.2, 0) is 16.6 Å². The lowest BCUT2D eigenvalue weighted by atomic mass is 9.87. The molecule has 1 atom stereocenters. The number of nitrogens with one attached hydrogen (secondary N) is 1. The van der Waals surface area contributed by atoms with Crippen molar-refractivity contribution in [2.24, 2.45) is 5.92 Å². The maximum atomic E-state index is 13.9. The topological polar surface area (TPSA) is 67.8 Å². The zero-order valence-electron chi connectivity index (χ0n) is 19.8. The van der Waals surface area contributed by atoms with E-state index in [4.69, 9.17) is 26.3 Å². The Morgan fingerprint density at radius 2 is 1.89 bits per heavy atom. The number of benzene rings is 3. The lowest BCUT2D eigenvalue weighted by molar-refractivity contribution is -0.139. The van der Waals surface area contributed by atoms with Crippen LogP contribution >= 0.6 is 11.6 Å². The summed E-state index contributed by atoms with van der Waals surface area (Å²) in [5.74, 6) is 5.88. The van der Waals surface area contributed by atoms with Gasteiger partial charge in [-0.25, -0.2) is 4.79 Å². The van der Waals surface area contributed by atoms with Crippen LogP contribution < -0.4 is 10.2 Å². The molecule has 5 nitrogen and oxygen atoms in total. The summed E-state index contributed by atoms with van der Waals surface area (Å²) >= 11 is 6.40. The maximum Gasteiger partial charge on any atom is 0.416 e. The number of carboxylic acid groups (broad SMARTS) is 1. The number of ether oxygens (including phenoxy) is 1. The predicted molar refractivity (Wildman–Crippen MR) is 134 cm³/mol. The third-order valence-electron chi connectivity index (χ3n) is 6.29. The van der Waals surface area contributed by atoms with E-state index in [1.54, 1.807) is 36.4 Å². The zero-order valence-corrected chi connectivity index (χ0v) is 20.6. The second-order valence-corrected chi connectivity index (χ2v) is 9.51. The Labute approximate surface area is 221 Å². The molecule has 1 aliphatic carbocycles. The summed E-state index contributed by atoms with van der Waals surface area (Å²) in [6.45, 7) is -0.181. The van der Waals surface area contributed by atoms with E-state index < -0.39 is 23.2 Å². The van der Waals surface area contributed by atoms with Crippen molar-refractivity contribution in [3.63, 3.8) is 0 Å². The van der Waals surface area contributed by atoms with E-state index in [0.717, 1.165) is 18.9 Å². The Kier molecular flexibility index (Phi) is 6.82. The predicted octanol–water partition coefficient (Wildman–Crippen LogP) is 6.56. The molecule has 0 radical (unpaired) electrons. The molecule has 0 bridgehead atoms. The molecule has 1 aliphatic heterocycles. The number of allylic oxidation sites excluding steroid dienone is 1. The maximum absolute atomic E-state index is 13.9. The van der Waals surface area contributed by atoms with Crippen LogP contribution in [0.15, 0.2) is 78.6 Å². The van der Waals surface area contributed by atoms with Crippen LogP contribution in [0.5, 0.6) is 5.75 Å². The van der Waals surface area contributed by atoms with E-state index in [0.29, 0.717) is 22.6 Å². The molecule has 2 N–H and O–H groups in total. The number of alkyl halides is 3. The van der Waals surface area contributed by atoms with Crippen LogP contribution in [0.4, 0.5) is 13.2 Å². The summed E-state index contributed by atoms with van der Waals surface area (Å²) in [6, 6.07) is 16.3. The number of aromatic carboxylic acids is 1. The van der Waals surface area contributed by atoms with Crippen LogP contribution in [0.3, 0.4) is 0 Å². The molecule has 0 saturated heterocycles. The summed E-state index contributed by atoms with van der Waals surface area (Å²) in [4.78, 5) is 16.8. The Bertz CT molecular complexity index is 1490. The van der Waals surface area contributed by atoms with E-state index in [1.807, 2.05) is 0 Å². The first-order valence-electron chi connectivity index (χ1n) is 11.8. The first kappa shape index (κ1) is 25.7. The number of rotatable bonds is 6. The number of hydrogen-bond acceptors (Lipinski definition) is 4. The molecule has 5 rings (SSSR count). The molecule has 38 heavy (non-hydrogen) atoms. The Morgan fingerprint density at radius 3 is 2.61 bits per heavy atom. The van der Waals surface area contributed by atoms with Crippen LogP contribution in [0, 0.1) is 17.8 Å². The van der Waals surface area contributed by atoms with Gasteiger partial charge in [-0.3, -0.25) is 0 Å². The van der Waals surface area contributed by atoms with Gasteiger partial charge in [0.2, 0.25) is 0 Å². The molecule has 1 saturated carbocycles. The van der Waals surface area contributed by atoms with Gasteiger partial charge in [-0.1, -0.05) is 47.7 Å². The first-order chi connectivity index (χ1) is 18.1. The lowest BCUT2D eigenvalue weighted by Crippen LogP contribution is -2.43. The molecule has 194 valence electrons. The Morgan fingerprint density at radius 1 is 1.11 bits per heavy atom. The van der Waals surface area contributed by atoms with Crippen molar-refractivity contribution in [2.45, 2.75) is 24.6 Å². The van der Waals surface area contributed by atoms with Gasteiger partial charge < -0.3 is 14.7 Å². The van der Waals surface area contributed by atoms with Crippen molar-refractivity contribution in [1.82, 2.24) is 5.48 Å². The average Bonchev–Trinajstić information content (AvgIpc) is 3.66. The van der Waals surface area contributed by atoms with Crippen molar-refractivity contribution in [2.75, 3.05) is 6.61 Å². The molecule has 0 amide bonds. The molecule has 9 heteroatoms. The highest BCUT2D eigenvalue weighted by molar-refractivity contribution is 6.31. The van der Waals surface area contributed by atoms with Gasteiger partial charge in [-0.05, 0) is 60.9 Å². The minimum atomic E-state index is -4.56. The number of carboxylic acids is 1. The largest absolute Gasteiger partial charge is 0.491 e. The Hall–Kier alpha value is -3.93. The van der Waals surface area contributed by atoms with Gasteiger partial charge in [0.05, 0.1) is 16.1 Å². The lowest BCUT2D eigenvalue weighted by Gasteiger charge is -2.29. The zero-order chi connectivity index (χ0) is 26.9. The van der Waals surface area contributed by atoms with E-state index in [9.17, 15) is 18.0 Å². The molecule has 0 aromatic heterocycles. The molecule has 3 aromatic carbocycles. The van der Waals surface area contributed by atoms with Gasteiger partial charge in [0.15, 0.2) is 0 Å². The highest BCUT2D eigenvalue weighted by atomic mass is 35.5.